The molecule has 1 unspecified atom stereocenters. The smallest absolute Gasteiger partial charge is 0.191 e. The van der Waals surface area contributed by atoms with E-state index in [-0.39, 0.29) is 24.0 Å². The predicted octanol–water partition coefficient (Wildman–Crippen LogP) is 1.52. The van der Waals surface area contributed by atoms with E-state index in [1.54, 1.807) is 0 Å². The average molecular weight is 492 g/mol. The minimum Gasteiger partial charge on any atom is -0.381 e. The third kappa shape index (κ3) is 7.19. The van der Waals surface area contributed by atoms with Crippen molar-refractivity contribution in [2.45, 2.75) is 51.6 Å². The Morgan fingerprint density at radius 3 is 2.93 bits per heavy atom. The number of nitrogens with one attached hydrogen (secondary N) is 2. The average Bonchev–Trinajstić information content (AvgIpc) is 3.03. The van der Waals surface area contributed by atoms with Gasteiger partial charge < -0.3 is 20.1 Å². The van der Waals surface area contributed by atoms with E-state index in [0.717, 1.165) is 89.2 Å². The highest BCUT2D eigenvalue weighted by Crippen LogP contribution is 2.15. The summed E-state index contributed by atoms with van der Waals surface area (Å²) in [5, 5.41) is 11.3. The molecular formula is C18H33IN6O2. The van der Waals surface area contributed by atoms with E-state index in [0.29, 0.717) is 12.0 Å². The number of guanidine groups is 1. The molecule has 8 nitrogen and oxygen atoms in total. The summed E-state index contributed by atoms with van der Waals surface area (Å²) in [5.74, 6) is 3.46. The Morgan fingerprint density at radius 1 is 1.33 bits per heavy atom. The molecule has 2 aliphatic heterocycles. The van der Waals surface area contributed by atoms with Crippen LogP contribution in [0.4, 0.5) is 0 Å². The van der Waals surface area contributed by atoms with E-state index in [1.807, 2.05) is 18.7 Å². The van der Waals surface area contributed by atoms with Crippen molar-refractivity contribution in [2.24, 2.45) is 10.9 Å². The quantitative estimate of drug-likeness (QED) is 0.260. The second kappa shape index (κ2) is 11.8. The first-order chi connectivity index (χ1) is 12.7. The summed E-state index contributed by atoms with van der Waals surface area (Å²) in [6.45, 7) is 7.05. The van der Waals surface area contributed by atoms with Crippen LogP contribution in [0.2, 0.25) is 0 Å². The Hall–Kier alpha value is -0.940. The van der Waals surface area contributed by atoms with Crippen molar-refractivity contribution in [1.29, 1.82) is 0 Å². The molecule has 1 saturated heterocycles. The summed E-state index contributed by atoms with van der Waals surface area (Å²) < 4.78 is 13.2. The molecule has 3 heterocycles. The molecule has 0 radical (unpaired) electrons. The molecule has 2 N–H and O–H groups in total. The standard InChI is InChI=1S/C18H32N6O2.HI/c1-14-21-17-5-4-16(12-24(17)23-14)22-18(19-2)20-8-3-9-26-13-15-6-10-25-11-7-15;/h15-16H,3-13H2,1-2H3,(H2,19,20,22);1H. The van der Waals surface area contributed by atoms with Crippen LogP contribution in [0.15, 0.2) is 4.99 Å². The first-order valence-corrected chi connectivity index (χ1v) is 9.77. The molecule has 0 spiro atoms. The Morgan fingerprint density at radius 2 is 2.15 bits per heavy atom. The number of rotatable bonds is 7. The second-order valence-electron chi connectivity index (χ2n) is 7.12. The Bertz CT molecular complexity index is 588. The van der Waals surface area contributed by atoms with Crippen LogP contribution in [0.5, 0.6) is 0 Å². The summed E-state index contributed by atoms with van der Waals surface area (Å²) in [4.78, 5) is 8.78. The van der Waals surface area contributed by atoms with Crippen molar-refractivity contribution < 1.29 is 9.47 Å². The molecule has 0 aliphatic carbocycles. The molecule has 9 heteroatoms. The van der Waals surface area contributed by atoms with Gasteiger partial charge in [-0.2, -0.15) is 5.10 Å². The van der Waals surface area contributed by atoms with Gasteiger partial charge in [0.1, 0.15) is 11.6 Å². The highest BCUT2D eigenvalue weighted by atomic mass is 127. The number of nitrogens with zero attached hydrogens (tertiary/aromatic N) is 4. The zero-order valence-electron chi connectivity index (χ0n) is 16.4. The van der Waals surface area contributed by atoms with Crippen LogP contribution in [-0.4, -0.2) is 66.8 Å². The normalized spacial score (nSPS) is 20.7. The largest absolute Gasteiger partial charge is 0.381 e. The molecule has 0 bridgehead atoms. The predicted molar refractivity (Wildman–Crippen MR) is 116 cm³/mol. The van der Waals surface area contributed by atoms with Gasteiger partial charge >= 0.3 is 0 Å². The molecule has 1 aromatic heterocycles. The fourth-order valence-corrected chi connectivity index (χ4v) is 3.48. The van der Waals surface area contributed by atoms with Crippen molar-refractivity contribution in [2.75, 3.05) is 40.0 Å². The summed E-state index contributed by atoms with van der Waals surface area (Å²) in [7, 11) is 1.81. The van der Waals surface area contributed by atoms with Crippen LogP contribution in [0.1, 0.15) is 37.3 Å². The number of fused-ring (bicyclic) bond motifs is 1. The van der Waals surface area contributed by atoms with E-state index in [4.69, 9.17) is 9.47 Å². The molecule has 1 fully saturated rings. The third-order valence-corrected chi connectivity index (χ3v) is 4.98. The number of halogens is 1. The van der Waals surface area contributed by atoms with Gasteiger partial charge in [-0.15, -0.1) is 24.0 Å². The van der Waals surface area contributed by atoms with E-state index in [9.17, 15) is 0 Å². The number of aliphatic imine (C=N–C) groups is 1. The van der Waals surface area contributed by atoms with Gasteiger partial charge in [-0.3, -0.25) is 4.99 Å². The summed E-state index contributed by atoms with van der Waals surface area (Å²) in [6.07, 6.45) is 5.23. The van der Waals surface area contributed by atoms with Crippen molar-refractivity contribution in [3.63, 3.8) is 0 Å². The third-order valence-electron chi connectivity index (χ3n) is 4.98. The van der Waals surface area contributed by atoms with Gasteiger partial charge in [-0.1, -0.05) is 0 Å². The van der Waals surface area contributed by atoms with E-state index >= 15 is 0 Å². The highest BCUT2D eigenvalue weighted by molar-refractivity contribution is 14.0. The van der Waals surface area contributed by atoms with Crippen LogP contribution < -0.4 is 10.6 Å². The van der Waals surface area contributed by atoms with Gasteiger partial charge in [0.2, 0.25) is 0 Å². The zero-order chi connectivity index (χ0) is 18.2. The molecule has 3 rings (SSSR count). The summed E-state index contributed by atoms with van der Waals surface area (Å²) >= 11 is 0. The molecule has 1 aromatic rings. The minimum absolute atomic E-state index is 0. The fourth-order valence-electron chi connectivity index (χ4n) is 3.48. The number of hydrogen-bond acceptors (Lipinski definition) is 5. The number of aryl methyl sites for hydroxylation is 2. The van der Waals surface area contributed by atoms with Crippen LogP contribution >= 0.6 is 24.0 Å². The van der Waals surface area contributed by atoms with Crippen molar-refractivity contribution in [3.8, 4) is 0 Å². The van der Waals surface area contributed by atoms with Crippen molar-refractivity contribution in [1.82, 2.24) is 25.4 Å². The van der Waals surface area contributed by atoms with E-state index < -0.39 is 0 Å². The lowest BCUT2D eigenvalue weighted by atomic mass is 10.0. The Kier molecular flexibility index (Phi) is 9.77. The number of aromatic nitrogens is 3. The zero-order valence-corrected chi connectivity index (χ0v) is 18.8. The molecule has 0 amide bonds. The van der Waals surface area contributed by atoms with Crippen LogP contribution in [-0.2, 0) is 22.4 Å². The number of hydrogen-bond donors (Lipinski definition) is 2. The maximum atomic E-state index is 5.81. The lowest BCUT2D eigenvalue weighted by molar-refractivity contribution is 0.0203. The summed E-state index contributed by atoms with van der Waals surface area (Å²) in [6, 6.07) is 0.333. The topological polar surface area (TPSA) is 85.6 Å². The minimum atomic E-state index is 0. The van der Waals surface area contributed by atoms with E-state index in [2.05, 4.69) is 25.7 Å². The molecule has 27 heavy (non-hydrogen) atoms. The SMILES string of the molecule is CN=C(NCCCOCC1CCOCC1)NC1CCc2nc(C)nn2C1.I. The van der Waals surface area contributed by atoms with Gasteiger partial charge in [-0.05, 0) is 38.5 Å². The lowest BCUT2D eigenvalue weighted by Crippen LogP contribution is -2.47. The van der Waals surface area contributed by atoms with Crippen LogP contribution in [0, 0.1) is 12.8 Å². The van der Waals surface area contributed by atoms with Crippen LogP contribution in [0.25, 0.3) is 0 Å². The number of ether oxygens (including phenoxy) is 2. The Balaban J connectivity index is 0.00000261. The molecule has 2 aliphatic rings. The second-order valence-corrected chi connectivity index (χ2v) is 7.12. The lowest BCUT2D eigenvalue weighted by Gasteiger charge is -2.25. The fraction of sp³-hybridized carbons (Fsp3) is 0.833. The van der Waals surface area contributed by atoms with Crippen LogP contribution in [0.3, 0.4) is 0 Å². The molecule has 0 saturated carbocycles. The highest BCUT2D eigenvalue weighted by Gasteiger charge is 2.21. The molecule has 154 valence electrons. The molecule has 1 atom stereocenters. The molecule has 0 aromatic carbocycles. The van der Waals surface area contributed by atoms with Gasteiger partial charge in [0.05, 0.1) is 6.54 Å². The van der Waals surface area contributed by atoms with Gasteiger partial charge in [0.25, 0.3) is 0 Å². The maximum Gasteiger partial charge on any atom is 0.191 e. The van der Waals surface area contributed by atoms with Crippen molar-refractivity contribution >= 4 is 29.9 Å². The van der Waals surface area contributed by atoms with Gasteiger partial charge in [-0.25, -0.2) is 9.67 Å². The van der Waals surface area contributed by atoms with Crippen molar-refractivity contribution in [3.05, 3.63) is 11.6 Å². The first kappa shape index (κ1) is 22.4. The van der Waals surface area contributed by atoms with Gasteiger partial charge in [0, 0.05) is 52.5 Å². The van der Waals surface area contributed by atoms with E-state index in [1.165, 1.54) is 0 Å². The first-order valence-electron chi connectivity index (χ1n) is 9.77. The Labute approximate surface area is 178 Å². The maximum absolute atomic E-state index is 5.81. The summed E-state index contributed by atoms with van der Waals surface area (Å²) in [5.41, 5.74) is 0. The molecular weight excluding hydrogens is 459 g/mol. The monoisotopic (exact) mass is 492 g/mol. The van der Waals surface area contributed by atoms with Gasteiger partial charge in [0.15, 0.2) is 5.96 Å².